The molecule has 0 spiro atoms. The van der Waals surface area contributed by atoms with Crippen molar-refractivity contribution < 1.29 is 18.7 Å². The molecule has 0 bridgehead atoms. The third-order valence-electron chi connectivity index (χ3n) is 3.40. The Labute approximate surface area is 150 Å². The Balaban J connectivity index is 1.39. The molecular formula is C19H19NO4S. The number of carbonyl (C=O) groups excluding carboxylic acids is 1. The summed E-state index contributed by atoms with van der Waals surface area (Å²) < 4.78 is 16.3. The second-order valence-corrected chi connectivity index (χ2v) is 6.56. The van der Waals surface area contributed by atoms with E-state index in [1.165, 1.54) is 11.8 Å². The molecule has 3 aromatic rings. The van der Waals surface area contributed by atoms with E-state index in [4.69, 9.17) is 13.9 Å². The summed E-state index contributed by atoms with van der Waals surface area (Å²) in [5.41, 5.74) is 3.77. The van der Waals surface area contributed by atoms with Crippen LogP contribution in [0.25, 0.3) is 11.1 Å². The van der Waals surface area contributed by atoms with Crippen molar-refractivity contribution in [3.05, 3.63) is 53.6 Å². The molecule has 0 fully saturated rings. The van der Waals surface area contributed by atoms with Gasteiger partial charge in [-0.3, -0.25) is 4.79 Å². The summed E-state index contributed by atoms with van der Waals surface area (Å²) in [5.74, 6) is 0.613. The maximum Gasteiger partial charge on any atom is 0.316 e. The van der Waals surface area contributed by atoms with E-state index in [-0.39, 0.29) is 18.3 Å². The lowest BCUT2D eigenvalue weighted by Gasteiger charge is -2.08. The number of aromatic nitrogens is 1. The summed E-state index contributed by atoms with van der Waals surface area (Å²) in [6.07, 6.45) is 0. The summed E-state index contributed by atoms with van der Waals surface area (Å²) in [7, 11) is 0. The zero-order chi connectivity index (χ0) is 17.6. The number of thioether (sulfide) groups is 1. The Morgan fingerprint density at radius 3 is 2.64 bits per heavy atom. The Kier molecular flexibility index (Phi) is 5.60. The van der Waals surface area contributed by atoms with Gasteiger partial charge < -0.3 is 13.9 Å². The maximum atomic E-state index is 11.8. The van der Waals surface area contributed by atoms with Crippen LogP contribution in [0.15, 0.2) is 52.1 Å². The second-order valence-electron chi connectivity index (χ2n) is 5.63. The number of ether oxygens (including phenoxy) is 2. The van der Waals surface area contributed by atoms with Gasteiger partial charge >= 0.3 is 5.97 Å². The van der Waals surface area contributed by atoms with Crippen LogP contribution in [0.1, 0.15) is 11.1 Å². The number of hydrogen-bond donors (Lipinski definition) is 0. The quantitative estimate of drug-likeness (QED) is 0.359. The van der Waals surface area contributed by atoms with Crippen LogP contribution in [0.4, 0.5) is 0 Å². The minimum Gasteiger partial charge on any atom is -0.490 e. The fraction of sp³-hybridized carbons (Fsp3) is 0.263. The molecule has 0 aliphatic heterocycles. The highest BCUT2D eigenvalue weighted by Crippen LogP contribution is 2.23. The molecule has 6 heteroatoms. The summed E-state index contributed by atoms with van der Waals surface area (Å²) in [6.45, 7) is 4.56. The molecule has 5 nitrogen and oxygen atoms in total. The van der Waals surface area contributed by atoms with Crippen LogP contribution in [-0.4, -0.2) is 29.9 Å². The lowest BCUT2D eigenvalue weighted by atomic mass is 10.1. The molecule has 0 aliphatic rings. The number of carbonyl (C=O) groups is 1. The highest BCUT2D eigenvalue weighted by atomic mass is 32.2. The van der Waals surface area contributed by atoms with Crippen LogP contribution in [0.3, 0.4) is 0 Å². The SMILES string of the molecule is Cc1cc(C)cc(OCCOC(=O)CSc2nc3ccccc3o2)c1. The van der Waals surface area contributed by atoms with Crippen molar-refractivity contribution in [1.29, 1.82) is 0 Å². The highest BCUT2D eigenvalue weighted by Gasteiger charge is 2.10. The summed E-state index contributed by atoms with van der Waals surface area (Å²) in [4.78, 5) is 16.1. The minimum atomic E-state index is -0.323. The van der Waals surface area contributed by atoms with Crippen molar-refractivity contribution in [2.45, 2.75) is 19.1 Å². The Morgan fingerprint density at radius 1 is 1.12 bits per heavy atom. The number of para-hydroxylation sites is 2. The number of benzene rings is 2. The predicted octanol–water partition coefficient (Wildman–Crippen LogP) is 4.16. The first-order valence-electron chi connectivity index (χ1n) is 7.95. The monoisotopic (exact) mass is 357 g/mol. The molecule has 0 unspecified atom stereocenters. The minimum absolute atomic E-state index is 0.149. The standard InChI is InChI=1S/C19H19NO4S/c1-13-9-14(2)11-15(10-13)22-7-8-23-18(21)12-25-19-20-16-5-3-4-6-17(16)24-19/h3-6,9-11H,7-8,12H2,1-2H3. The fourth-order valence-corrected chi connectivity index (χ4v) is 3.04. The van der Waals surface area contributed by atoms with Crippen LogP contribution in [0, 0.1) is 13.8 Å². The average Bonchev–Trinajstić information content (AvgIpc) is 2.99. The van der Waals surface area contributed by atoms with Gasteiger partial charge in [0.1, 0.15) is 30.2 Å². The molecular weight excluding hydrogens is 338 g/mol. The molecule has 0 saturated carbocycles. The molecule has 0 saturated heterocycles. The van der Waals surface area contributed by atoms with E-state index in [0.29, 0.717) is 17.4 Å². The normalized spacial score (nSPS) is 10.8. The van der Waals surface area contributed by atoms with Gasteiger partial charge in [-0.2, -0.15) is 0 Å². The van der Waals surface area contributed by atoms with Gasteiger partial charge in [-0.1, -0.05) is 30.0 Å². The maximum absolute atomic E-state index is 11.8. The number of esters is 1. The van der Waals surface area contributed by atoms with Gasteiger partial charge in [-0.25, -0.2) is 4.98 Å². The fourth-order valence-electron chi connectivity index (χ4n) is 2.41. The zero-order valence-electron chi connectivity index (χ0n) is 14.2. The highest BCUT2D eigenvalue weighted by molar-refractivity contribution is 7.99. The van der Waals surface area contributed by atoms with Crippen molar-refractivity contribution in [3.8, 4) is 5.75 Å². The molecule has 25 heavy (non-hydrogen) atoms. The van der Waals surface area contributed by atoms with E-state index >= 15 is 0 Å². The summed E-state index contributed by atoms with van der Waals surface area (Å²) in [6, 6.07) is 13.5. The van der Waals surface area contributed by atoms with Crippen molar-refractivity contribution in [3.63, 3.8) is 0 Å². The zero-order valence-corrected chi connectivity index (χ0v) is 15.0. The lowest BCUT2D eigenvalue weighted by molar-refractivity contribution is -0.141. The van der Waals surface area contributed by atoms with Crippen molar-refractivity contribution in [2.24, 2.45) is 0 Å². The molecule has 2 aromatic carbocycles. The number of rotatable bonds is 7. The lowest BCUT2D eigenvalue weighted by Crippen LogP contribution is -2.13. The number of fused-ring (bicyclic) bond motifs is 1. The third-order valence-corrected chi connectivity index (χ3v) is 4.20. The van der Waals surface area contributed by atoms with Gasteiger partial charge in [0.05, 0.1) is 0 Å². The number of oxazole rings is 1. The number of hydrogen-bond acceptors (Lipinski definition) is 6. The molecule has 0 amide bonds. The summed E-state index contributed by atoms with van der Waals surface area (Å²) >= 11 is 1.22. The molecule has 3 rings (SSSR count). The van der Waals surface area contributed by atoms with Crippen molar-refractivity contribution >= 4 is 28.8 Å². The van der Waals surface area contributed by atoms with E-state index in [1.54, 1.807) is 0 Å². The average molecular weight is 357 g/mol. The van der Waals surface area contributed by atoms with E-state index in [0.717, 1.165) is 22.4 Å². The van der Waals surface area contributed by atoms with Gasteiger partial charge in [-0.15, -0.1) is 0 Å². The molecule has 1 aromatic heterocycles. The van der Waals surface area contributed by atoms with Crippen LogP contribution in [0.2, 0.25) is 0 Å². The molecule has 0 atom stereocenters. The van der Waals surface area contributed by atoms with Gasteiger partial charge in [0, 0.05) is 0 Å². The van der Waals surface area contributed by atoms with Crippen LogP contribution in [-0.2, 0) is 9.53 Å². The van der Waals surface area contributed by atoms with Crippen molar-refractivity contribution in [2.75, 3.05) is 19.0 Å². The Bertz CT molecular complexity index is 821. The smallest absolute Gasteiger partial charge is 0.316 e. The largest absolute Gasteiger partial charge is 0.490 e. The number of nitrogens with zero attached hydrogens (tertiary/aromatic N) is 1. The van der Waals surface area contributed by atoms with Gasteiger partial charge in [0.15, 0.2) is 5.58 Å². The van der Waals surface area contributed by atoms with E-state index in [1.807, 2.05) is 50.2 Å². The van der Waals surface area contributed by atoms with Crippen LogP contribution in [0.5, 0.6) is 5.75 Å². The topological polar surface area (TPSA) is 61.6 Å². The predicted molar refractivity (Wildman–Crippen MR) is 97.1 cm³/mol. The molecule has 130 valence electrons. The molecule has 0 aliphatic carbocycles. The third kappa shape index (κ3) is 5.00. The van der Waals surface area contributed by atoms with E-state index in [2.05, 4.69) is 11.1 Å². The second kappa shape index (κ2) is 8.07. The van der Waals surface area contributed by atoms with Gasteiger partial charge in [-0.05, 0) is 49.2 Å². The summed E-state index contributed by atoms with van der Waals surface area (Å²) in [5, 5.41) is 0.463. The Hall–Kier alpha value is -2.47. The van der Waals surface area contributed by atoms with Crippen molar-refractivity contribution in [1.82, 2.24) is 4.98 Å². The first-order chi connectivity index (χ1) is 12.1. The van der Waals surface area contributed by atoms with Gasteiger partial charge in [0.2, 0.25) is 0 Å². The van der Waals surface area contributed by atoms with Crippen LogP contribution < -0.4 is 4.74 Å². The number of aryl methyl sites for hydroxylation is 2. The Morgan fingerprint density at radius 2 is 1.88 bits per heavy atom. The van der Waals surface area contributed by atoms with E-state index in [9.17, 15) is 4.79 Å². The molecule has 0 N–H and O–H groups in total. The van der Waals surface area contributed by atoms with Crippen LogP contribution >= 0.6 is 11.8 Å². The molecule has 0 radical (unpaired) electrons. The van der Waals surface area contributed by atoms with E-state index < -0.39 is 0 Å². The first-order valence-corrected chi connectivity index (χ1v) is 8.94. The first kappa shape index (κ1) is 17.4. The van der Waals surface area contributed by atoms with Gasteiger partial charge in [0.25, 0.3) is 5.22 Å². The molecule has 1 heterocycles.